The standard InChI is InChI=1S/C30H28N2O5/c1-22-21-26(35-2)32-29(31-22)37-27(28(33)34)30(24-16-8-4-9-17-24,25-18-10-5-11-19-25)36-20-12-15-23-13-6-3-7-14-23/h3-14,16-21,27H,15H2,1-2H3,(H,33,34). The maximum atomic E-state index is 12.9. The maximum Gasteiger partial charge on any atom is 0.350 e. The number of carbonyl (C=O) groups is 1. The number of ether oxygens (including phenoxy) is 3. The number of carboxylic acid groups (broad SMARTS) is 1. The van der Waals surface area contributed by atoms with Gasteiger partial charge in [0.05, 0.1) is 13.4 Å². The van der Waals surface area contributed by atoms with Crippen LogP contribution in [0.25, 0.3) is 0 Å². The summed E-state index contributed by atoms with van der Waals surface area (Å²) in [5.41, 5.74) is 1.29. The number of hydrogen-bond donors (Lipinski definition) is 1. The zero-order valence-corrected chi connectivity index (χ0v) is 20.7. The number of carboxylic acids is 1. The van der Waals surface area contributed by atoms with Gasteiger partial charge in [-0.25, -0.2) is 9.78 Å². The number of aliphatic carboxylic acids is 1. The van der Waals surface area contributed by atoms with E-state index in [0.29, 0.717) is 23.2 Å². The Kier molecular flexibility index (Phi) is 8.15. The van der Waals surface area contributed by atoms with Gasteiger partial charge in [0.1, 0.15) is 0 Å². The molecule has 7 heteroatoms. The summed E-state index contributed by atoms with van der Waals surface area (Å²) in [5, 5.41) is 10.5. The molecule has 0 aliphatic carbocycles. The van der Waals surface area contributed by atoms with Crippen molar-refractivity contribution in [2.24, 2.45) is 0 Å². The van der Waals surface area contributed by atoms with E-state index < -0.39 is 17.7 Å². The maximum absolute atomic E-state index is 12.9. The predicted molar refractivity (Wildman–Crippen MR) is 139 cm³/mol. The third-order valence-electron chi connectivity index (χ3n) is 5.79. The summed E-state index contributed by atoms with van der Waals surface area (Å²) in [6.07, 6.45) is 2.44. The average molecular weight is 497 g/mol. The second-order valence-corrected chi connectivity index (χ2v) is 8.32. The van der Waals surface area contributed by atoms with Crippen molar-refractivity contribution in [1.29, 1.82) is 0 Å². The predicted octanol–water partition coefficient (Wildman–Crippen LogP) is 5.34. The molecule has 37 heavy (non-hydrogen) atoms. The number of benzene rings is 3. The topological polar surface area (TPSA) is 90.8 Å². The Morgan fingerprint density at radius 2 is 1.49 bits per heavy atom. The van der Waals surface area contributed by atoms with Gasteiger partial charge >= 0.3 is 12.0 Å². The van der Waals surface area contributed by atoms with Gasteiger partial charge in [0.2, 0.25) is 17.6 Å². The zero-order valence-electron chi connectivity index (χ0n) is 20.7. The molecule has 4 aromatic rings. The van der Waals surface area contributed by atoms with Crippen LogP contribution >= 0.6 is 0 Å². The van der Waals surface area contributed by atoms with Crippen molar-refractivity contribution < 1.29 is 24.1 Å². The molecule has 0 radical (unpaired) electrons. The minimum Gasteiger partial charge on any atom is -0.481 e. The molecule has 188 valence electrons. The number of nitrogens with zero attached hydrogens (tertiary/aromatic N) is 2. The molecule has 1 atom stereocenters. The molecule has 0 saturated carbocycles. The molecule has 0 fully saturated rings. The lowest BCUT2D eigenvalue weighted by Gasteiger charge is -2.38. The number of methoxy groups -OCH3 is 1. The first-order valence-electron chi connectivity index (χ1n) is 11.8. The number of aryl methyl sites for hydroxylation is 1. The largest absolute Gasteiger partial charge is 0.481 e. The van der Waals surface area contributed by atoms with Crippen LogP contribution in [0.3, 0.4) is 0 Å². The van der Waals surface area contributed by atoms with Crippen LogP contribution in [0.4, 0.5) is 0 Å². The Labute approximate surface area is 216 Å². The Hall–Kier alpha value is -4.65. The highest BCUT2D eigenvalue weighted by molar-refractivity contribution is 5.76. The average Bonchev–Trinajstić information content (AvgIpc) is 2.93. The normalized spacial score (nSPS) is 12.2. The summed E-state index contributed by atoms with van der Waals surface area (Å²) >= 11 is 0. The lowest BCUT2D eigenvalue weighted by atomic mass is 9.81. The monoisotopic (exact) mass is 496 g/mol. The quantitative estimate of drug-likeness (QED) is 0.280. The highest BCUT2D eigenvalue weighted by atomic mass is 16.6. The van der Waals surface area contributed by atoms with Gasteiger partial charge in [-0.1, -0.05) is 91.0 Å². The van der Waals surface area contributed by atoms with Crippen LogP contribution < -0.4 is 9.47 Å². The minimum absolute atomic E-state index is 0.127. The van der Waals surface area contributed by atoms with Gasteiger partial charge in [-0.2, -0.15) is 4.98 Å². The van der Waals surface area contributed by atoms with E-state index >= 15 is 0 Å². The lowest BCUT2D eigenvalue weighted by Crippen LogP contribution is -2.50. The molecule has 7 nitrogen and oxygen atoms in total. The van der Waals surface area contributed by atoms with Crippen LogP contribution in [-0.2, 0) is 21.6 Å². The third-order valence-corrected chi connectivity index (χ3v) is 5.79. The van der Waals surface area contributed by atoms with Gasteiger partial charge < -0.3 is 19.3 Å². The van der Waals surface area contributed by atoms with Crippen LogP contribution in [0.2, 0.25) is 0 Å². The highest BCUT2D eigenvalue weighted by Crippen LogP contribution is 2.39. The summed E-state index contributed by atoms with van der Waals surface area (Å²) in [6, 6.07) is 29.7. The van der Waals surface area contributed by atoms with Gasteiger partial charge in [0, 0.05) is 22.9 Å². The first kappa shape index (κ1) is 25.4. The summed E-state index contributed by atoms with van der Waals surface area (Å²) in [7, 11) is 1.47. The Balaban J connectivity index is 1.83. The highest BCUT2D eigenvalue weighted by Gasteiger charge is 2.51. The number of rotatable bonds is 11. The summed E-state index contributed by atoms with van der Waals surface area (Å²) in [5.74, 6) is -0.978. The molecule has 1 aromatic heterocycles. The van der Waals surface area contributed by atoms with Crippen molar-refractivity contribution in [1.82, 2.24) is 9.97 Å². The molecule has 1 unspecified atom stereocenters. The second-order valence-electron chi connectivity index (χ2n) is 8.32. The van der Waals surface area contributed by atoms with Gasteiger partial charge in [-0.05, 0) is 25.0 Å². The van der Waals surface area contributed by atoms with Crippen LogP contribution in [0.1, 0.15) is 22.4 Å². The van der Waals surface area contributed by atoms with Crippen LogP contribution in [0.5, 0.6) is 11.9 Å². The molecular formula is C30H28N2O5. The molecule has 0 aliphatic heterocycles. The Morgan fingerprint density at radius 3 is 2.03 bits per heavy atom. The van der Waals surface area contributed by atoms with Crippen molar-refractivity contribution in [2.45, 2.75) is 25.0 Å². The molecule has 4 rings (SSSR count). The number of allylic oxidation sites excluding steroid dienone is 1. The molecule has 0 saturated heterocycles. The van der Waals surface area contributed by atoms with E-state index in [4.69, 9.17) is 14.2 Å². The van der Waals surface area contributed by atoms with Crippen LogP contribution in [0, 0.1) is 6.92 Å². The Morgan fingerprint density at radius 1 is 0.919 bits per heavy atom. The van der Waals surface area contributed by atoms with E-state index in [2.05, 4.69) is 9.97 Å². The minimum atomic E-state index is -1.57. The zero-order chi connectivity index (χ0) is 26.1. The number of hydrogen-bond acceptors (Lipinski definition) is 6. The van der Waals surface area contributed by atoms with Gasteiger partial charge in [0.25, 0.3) is 0 Å². The molecule has 0 aliphatic rings. The van der Waals surface area contributed by atoms with Gasteiger partial charge in [0.15, 0.2) is 0 Å². The molecule has 0 bridgehead atoms. The molecule has 1 N–H and O–H groups in total. The van der Waals surface area contributed by atoms with E-state index in [1.807, 2.05) is 97.1 Å². The molecule has 1 heterocycles. The second kappa shape index (κ2) is 11.9. The first-order chi connectivity index (χ1) is 18.0. The molecule has 3 aromatic carbocycles. The summed E-state index contributed by atoms with van der Waals surface area (Å²) < 4.78 is 17.7. The van der Waals surface area contributed by atoms with E-state index in [9.17, 15) is 9.90 Å². The van der Waals surface area contributed by atoms with Crippen molar-refractivity contribution in [2.75, 3.05) is 7.11 Å². The SMILES string of the molecule is COc1cc(C)nc(OC(C(=O)O)C(OC=CCc2ccccc2)(c2ccccc2)c2ccccc2)n1. The fourth-order valence-electron chi connectivity index (χ4n) is 4.08. The molecule has 0 amide bonds. The van der Waals surface area contributed by atoms with Crippen molar-refractivity contribution in [3.63, 3.8) is 0 Å². The summed E-state index contributed by atoms with van der Waals surface area (Å²) in [6.45, 7) is 1.75. The molecule has 0 spiro atoms. The smallest absolute Gasteiger partial charge is 0.350 e. The van der Waals surface area contributed by atoms with E-state index in [1.54, 1.807) is 13.0 Å². The van der Waals surface area contributed by atoms with Crippen molar-refractivity contribution in [3.05, 3.63) is 132 Å². The van der Waals surface area contributed by atoms with Gasteiger partial charge in [-0.15, -0.1) is 0 Å². The fraction of sp³-hybridized carbons (Fsp3) is 0.167. The number of aromatic nitrogens is 2. The first-order valence-corrected chi connectivity index (χ1v) is 11.8. The van der Waals surface area contributed by atoms with Crippen LogP contribution in [-0.4, -0.2) is 34.3 Å². The fourth-order valence-corrected chi connectivity index (χ4v) is 4.08. The van der Waals surface area contributed by atoms with E-state index in [0.717, 1.165) is 5.56 Å². The Bertz CT molecular complexity index is 1290. The van der Waals surface area contributed by atoms with Crippen molar-refractivity contribution >= 4 is 5.97 Å². The van der Waals surface area contributed by atoms with E-state index in [1.165, 1.54) is 13.4 Å². The summed E-state index contributed by atoms with van der Waals surface area (Å²) in [4.78, 5) is 21.4. The van der Waals surface area contributed by atoms with E-state index in [-0.39, 0.29) is 11.9 Å². The van der Waals surface area contributed by atoms with Crippen molar-refractivity contribution in [3.8, 4) is 11.9 Å². The molecular weight excluding hydrogens is 468 g/mol. The van der Waals surface area contributed by atoms with Gasteiger partial charge in [-0.3, -0.25) is 0 Å². The lowest BCUT2D eigenvalue weighted by molar-refractivity contribution is -0.158. The third kappa shape index (κ3) is 5.95. The van der Waals surface area contributed by atoms with Crippen LogP contribution in [0.15, 0.2) is 109 Å².